The van der Waals surface area contributed by atoms with Crippen molar-refractivity contribution in [2.24, 2.45) is 0 Å². The summed E-state index contributed by atoms with van der Waals surface area (Å²) in [5.74, 6) is -0.330. The Balaban J connectivity index is 1.74. The van der Waals surface area contributed by atoms with Gasteiger partial charge in [0, 0.05) is 16.5 Å². The normalized spacial score (nSPS) is 14.7. The smallest absolute Gasteiger partial charge is 0.321 e. The lowest BCUT2D eigenvalue weighted by molar-refractivity contribution is -0.139. The fourth-order valence-corrected chi connectivity index (χ4v) is 4.08. The van der Waals surface area contributed by atoms with Gasteiger partial charge in [0.05, 0.1) is 19.2 Å². The summed E-state index contributed by atoms with van der Waals surface area (Å²) < 4.78 is 4.78. The number of thiazole rings is 1. The summed E-state index contributed by atoms with van der Waals surface area (Å²) in [5, 5.41) is 6.31. The summed E-state index contributed by atoms with van der Waals surface area (Å²) in [6.45, 7) is 0. The Bertz CT molecular complexity index is 755. The molecule has 0 spiro atoms. The Morgan fingerprint density at radius 2 is 1.92 bits per heavy atom. The third kappa shape index (κ3) is 4.82. The predicted molar refractivity (Wildman–Crippen MR) is 102 cm³/mol. The summed E-state index contributed by atoms with van der Waals surface area (Å²) in [6.07, 6.45) is 5.73. The van der Waals surface area contributed by atoms with Crippen molar-refractivity contribution in [3.63, 3.8) is 0 Å². The number of hydrogen-bond acceptors (Lipinski definition) is 5. The highest BCUT2D eigenvalue weighted by Gasteiger charge is 2.19. The number of ether oxygens (including phenoxy) is 1. The molecule has 2 aromatic rings. The van der Waals surface area contributed by atoms with E-state index in [-0.39, 0.29) is 24.5 Å². The number of amides is 2. The minimum absolute atomic E-state index is 0.129. The van der Waals surface area contributed by atoms with E-state index in [0.717, 1.165) is 36.1 Å². The van der Waals surface area contributed by atoms with Crippen LogP contribution in [0.1, 0.15) is 37.0 Å². The standard InChI is InChI=1S/C19H23N3O3S/c1-25-16(23)12-15-17(13-8-4-2-5-9-13)21-19(26-15)22-18(24)20-14-10-6-3-7-11-14/h2,4-5,8-9,14H,3,6-7,10-12H2,1H3,(H2,20,21,22,24). The fraction of sp³-hybridized carbons (Fsp3) is 0.421. The third-order valence-electron chi connectivity index (χ3n) is 4.44. The second-order valence-corrected chi connectivity index (χ2v) is 7.43. The van der Waals surface area contributed by atoms with E-state index in [0.29, 0.717) is 10.8 Å². The Labute approximate surface area is 157 Å². The van der Waals surface area contributed by atoms with Crippen molar-refractivity contribution in [1.82, 2.24) is 10.3 Å². The van der Waals surface area contributed by atoms with Crippen LogP contribution in [0.15, 0.2) is 30.3 Å². The molecule has 0 saturated heterocycles. The molecule has 1 heterocycles. The van der Waals surface area contributed by atoms with E-state index < -0.39 is 0 Å². The number of benzene rings is 1. The first-order valence-corrected chi connectivity index (χ1v) is 9.67. The lowest BCUT2D eigenvalue weighted by atomic mass is 9.96. The Morgan fingerprint density at radius 1 is 1.19 bits per heavy atom. The van der Waals surface area contributed by atoms with E-state index in [9.17, 15) is 9.59 Å². The fourth-order valence-electron chi connectivity index (χ4n) is 3.12. The van der Waals surface area contributed by atoms with Crippen molar-refractivity contribution < 1.29 is 14.3 Å². The summed E-state index contributed by atoms with van der Waals surface area (Å²) >= 11 is 1.30. The van der Waals surface area contributed by atoms with Gasteiger partial charge in [-0.2, -0.15) is 0 Å². The second-order valence-electron chi connectivity index (χ2n) is 6.34. The molecule has 26 heavy (non-hydrogen) atoms. The zero-order valence-corrected chi connectivity index (χ0v) is 15.6. The van der Waals surface area contributed by atoms with E-state index >= 15 is 0 Å². The van der Waals surface area contributed by atoms with Gasteiger partial charge in [-0.3, -0.25) is 10.1 Å². The number of carbonyl (C=O) groups excluding carboxylic acids is 2. The molecular weight excluding hydrogens is 350 g/mol. The number of urea groups is 1. The summed E-state index contributed by atoms with van der Waals surface area (Å²) in [5.41, 5.74) is 1.61. The maximum Gasteiger partial charge on any atom is 0.321 e. The maximum absolute atomic E-state index is 12.3. The number of esters is 1. The van der Waals surface area contributed by atoms with E-state index in [2.05, 4.69) is 15.6 Å². The maximum atomic E-state index is 12.3. The Morgan fingerprint density at radius 3 is 2.62 bits per heavy atom. The summed E-state index contributed by atoms with van der Waals surface area (Å²) in [7, 11) is 1.36. The number of anilines is 1. The van der Waals surface area contributed by atoms with Gasteiger partial charge < -0.3 is 10.1 Å². The zero-order valence-electron chi connectivity index (χ0n) is 14.8. The largest absolute Gasteiger partial charge is 0.469 e. The lowest BCUT2D eigenvalue weighted by Crippen LogP contribution is -2.38. The SMILES string of the molecule is COC(=O)Cc1sc(NC(=O)NC2CCCCC2)nc1-c1ccccc1. The molecule has 0 radical (unpaired) electrons. The average Bonchev–Trinajstić information content (AvgIpc) is 3.05. The molecule has 2 amide bonds. The van der Waals surface area contributed by atoms with Crippen LogP contribution in [-0.4, -0.2) is 30.1 Å². The van der Waals surface area contributed by atoms with Crippen molar-refractivity contribution in [3.8, 4) is 11.3 Å². The van der Waals surface area contributed by atoms with Crippen LogP contribution in [0.5, 0.6) is 0 Å². The van der Waals surface area contributed by atoms with Gasteiger partial charge in [-0.25, -0.2) is 9.78 Å². The van der Waals surface area contributed by atoms with Crippen molar-refractivity contribution in [2.75, 3.05) is 12.4 Å². The first-order valence-electron chi connectivity index (χ1n) is 8.85. The highest BCUT2D eigenvalue weighted by molar-refractivity contribution is 7.16. The first kappa shape index (κ1) is 18.4. The second kappa shape index (κ2) is 8.80. The van der Waals surface area contributed by atoms with E-state index in [4.69, 9.17) is 4.74 Å². The van der Waals surface area contributed by atoms with E-state index in [1.807, 2.05) is 30.3 Å². The first-order chi connectivity index (χ1) is 12.7. The molecule has 2 N–H and O–H groups in total. The summed E-state index contributed by atoms with van der Waals surface area (Å²) in [4.78, 5) is 29.3. The summed E-state index contributed by atoms with van der Waals surface area (Å²) in [6, 6.07) is 9.61. The molecule has 1 aromatic heterocycles. The molecule has 7 heteroatoms. The van der Waals surface area contributed by atoms with Gasteiger partial charge in [0.25, 0.3) is 0 Å². The third-order valence-corrected chi connectivity index (χ3v) is 5.41. The number of rotatable bonds is 5. The number of nitrogens with zero attached hydrogens (tertiary/aromatic N) is 1. The Hall–Kier alpha value is -2.41. The number of aromatic nitrogens is 1. The number of hydrogen-bond donors (Lipinski definition) is 2. The Kier molecular flexibility index (Phi) is 6.22. The molecule has 1 aliphatic carbocycles. The van der Waals surface area contributed by atoms with Crippen molar-refractivity contribution in [2.45, 2.75) is 44.6 Å². The molecule has 0 aliphatic heterocycles. The molecule has 1 aliphatic rings. The van der Waals surface area contributed by atoms with E-state index in [1.54, 1.807) is 0 Å². The molecule has 6 nitrogen and oxygen atoms in total. The topological polar surface area (TPSA) is 80.3 Å². The molecular formula is C19H23N3O3S. The van der Waals surface area contributed by atoms with Gasteiger partial charge in [-0.05, 0) is 12.8 Å². The van der Waals surface area contributed by atoms with Gasteiger partial charge in [0.1, 0.15) is 0 Å². The molecule has 0 bridgehead atoms. The van der Waals surface area contributed by atoms with Crippen molar-refractivity contribution >= 4 is 28.5 Å². The van der Waals surface area contributed by atoms with Gasteiger partial charge in [0.15, 0.2) is 5.13 Å². The van der Waals surface area contributed by atoms with Gasteiger partial charge in [-0.1, -0.05) is 49.6 Å². The molecule has 138 valence electrons. The quantitative estimate of drug-likeness (QED) is 0.777. The lowest BCUT2D eigenvalue weighted by Gasteiger charge is -2.22. The van der Waals surface area contributed by atoms with Gasteiger partial charge in [0.2, 0.25) is 0 Å². The minimum Gasteiger partial charge on any atom is -0.469 e. The molecule has 0 unspecified atom stereocenters. The number of methoxy groups -OCH3 is 1. The van der Waals surface area contributed by atoms with Crippen LogP contribution in [0.4, 0.5) is 9.93 Å². The van der Waals surface area contributed by atoms with Crippen molar-refractivity contribution in [3.05, 3.63) is 35.2 Å². The van der Waals surface area contributed by atoms with Crippen LogP contribution >= 0.6 is 11.3 Å². The van der Waals surface area contributed by atoms with Crippen LogP contribution in [0, 0.1) is 0 Å². The van der Waals surface area contributed by atoms with Crippen molar-refractivity contribution in [1.29, 1.82) is 0 Å². The predicted octanol–water partition coefficient (Wildman–Crippen LogP) is 3.98. The molecule has 1 saturated carbocycles. The van der Waals surface area contributed by atoms with Crippen LogP contribution in [0.3, 0.4) is 0 Å². The average molecular weight is 373 g/mol. The van der Waals surface area contributed by atoms with Crippen LogP contribution in [0.2, 0.25) is 0 Å². The molecule has 3 rings (SSSR count). The highest BCUT2D eigenvalue weighted by atomic mass is 32.1. The monoisotopic (exact) mass is 373 g/mol. The van der Waals surface area contributed by atoms with Crippen LogP contribution in [-0.2, 0) is 16.0 Å². The van der Waals surface area contributed by atoms with E-state index in [1.165, 1.54) is 24.9 Å². The number of nitrogens with one attached hydrogen (secondary N) is 2. The molecule has 1 fully saturated rings. The zero-order chi connectivity index (χ0) is 18.4. The van der Waals surface area contributed by atoms with Crippen LogP contribution in [0.25, 0.3) is 11.3 Å². The van der Waals surface area contributed by atoms with Crippen LogP contribution < -0.4 is 10.6 Å². The highest BCUT2D eigenvalue weighted by Crippen LogP contribution is 2.31. The van der Waals surface area contributed by atoms with Gasteiger partial charge in [-0.15, -0.1) is 11.3 Å². The minimum atomic E-state index is -0.330. The number of carbonyl (C=O) groups is 2. The van der Waals surface area contributed by atoms with Gasteiger partial charge >= 0.3 is 12.0 Å². The molecule has 0 atom stereocenters. The molecule has 1 aromatic carbocycles.